The summed E-state index contributed by atoms with van der Waals surface area (Å²) in [6.45, 7) is 41.4. The Bertz CT molecular complexity index is 684. The molecule has 0 saturated carbocycles. The Hall–Kier alpha value is -2.37. The number of aliphatic hydroxyl groups is 1. The topological polar surface area (TPSA) is 189 Å². The first kappa shape index (κ1) is 65.6. The molecule has 1 aromatic rings. The third-order valence-electron chi connectivity index (χ3n) is 3.34. The predicted molar refractivity (Wildman–Crippen MR) is 119 cm³/mol. The third kappa shape index (κ3) is 78.7. The minimum atomic E-state index is -0.323. The molecule has 0 unspecified atom stereocenters. The standard InChI is InChI=1S/C19H28O2.8CO.2Co/c1-3-4-5-7-10-17(2)15-19(20)13-14-21-16-18-11-8-6-9-12-18;8*1-2;;/h6,8-9,11-12,17,19-20H,3-5,13-16H2,1-2H3;;;;;;;;;;/t17-,19-;;;;;;;;;;/m0........../s1. The van der Waals surface area contributed by atoms with Crippen LogP contribution in [-0.4, -0.2) is 17.8 Å². The van der Waals surface area contributed by atoms with Crippen molar-refractivity contribution in [1.82, 2.24) is 0 Å². The zero-order valence-electron chi connectivity index (χ0n) is 21.3. The van der Waals surface area contributed by atoms with Crippen molar-refractivity contribution in [3.63, 3.8) is 0 Å². The van der Waals surface area contributed by atoms with Gasteiger partial charge in [0.05, 0.1) is 12.7 Å². The van der Waals surface area contributed by atoms with E-state index in [1.807, 2.05) is 30.3 Å². The van der Waals surface area contributed by atoms with E-state index in [0.717, 1.165) is 19.3 Å². The second kappa shape index (κ2) is 91.3. The third-order valence-corrected chi connectivity index (χ3v) is 3.34. The maximum absolute atomic E-state index is 9.97. The average molecular weight is 630 g/mol. The van der Waals surface area contributed by atoms with Crippen LogP contribution in [0.4, 0.5) is 0 Å². The molecule has 12 heteroatoms. The van der Waals surface area contributed by atoms with E-state index in [9.17, 15) is 5.11 Å². The summed E-state index contributed by atoms with van der Waals surface area (Å²) in [4.78, 5) is 0. The van der Waals surface area contributed by atoms with Crippen molar-refractivity contribution in [2.45, 2.75) is 58.7 Å². The number of ether oxygens (including phenoxy) is 1. The molecule has 0 saturated heterocycles. The Kier molecular flexibility index (Phi) is 154. The van der Waals surface area contributed by atoms with Gasteiger partial charge in [-0.3, -0.25) is 0 Å². The van der Waals surface area contributed by atoms with Gasteiger partial charge in [0.15, 0.2) is 0 Å². The molecule has 0 fully saturated rings. The maximum atomic E-state index is 9.97. The molecule has 214 valence electrons. The summed E-state index contributed by atoms with van der Waals surface area (Å²) in [6.07, 6.45) is 4.40. The van der Waals surface area contributed by atoms with Crippen molar-refractivity contribution in [2.24, 2.45) is 5.92 Å². The molecule has 0 amide bonds. The molecule has 2 atom stereocenters. The summed E-state index contributed by atoms with van der Waals surface area (Å²) in [5, 5.41) is 9.97. The van der Waals surface area contributed by atoms with Crippen molar-refractivity contribution in [1.29, 1.82) is 0 Å². The maximum Gasteiger partial charge on any atom is 0 e. The van der Waals surface area contributed by atoms with E-state index in [2.05, 4.69) is 78.9 Å². The fraction of sp³-hybridized carbons (Fsp3) is 0.407. The Morgan fingerprint density at radius 1 is 0.769 bits per heavy atom. The normalized spacial score (nSPS) is 7.56. The van der Waals surface area contributed by atoms with Gasteiger partial charge >= 0.3 is 90.4 Å². The van der Waals surface area contributed by atoms with Gasteiger partial charge in [-0.1, -0.05) is 50.6 Å². The van der Waals surface area contributed by atoms with Crippen LogP contribution in [0.2, 0.25) is 0 Å². The minimum Gasteiger partial charge on any atom is 0 e. The van der Waals surface area contributed by atoms with Gasteiger partial charge in [-0.15, -0.1) is 11.8 Å². The van der Waals surface area contributed by atoms with Gasteiger partial charge in [0.1, 0.15) is 0 Å². The molecule has 39 heavy (non-hydrogen) atoms. The zero-order valence-corrected chi connectivity index (χ0v) is 23.4. The van der Waals surface area contributed by atoms with Crippen LogP contribution < -0.4 is 0 Å². The van der Waals surface area contributed by atoms with Crippen LogP contribution in [0.1, 0.15) is 51.5 Å². The molecule has 0 aliphatic carbocycles. The van der Waals surface area contributed by atoms with E-state index in [4.69, 9.17) is 42.0 Å². The number of rotatable bonds is 9. The van der Waals surface area contributed by atoms with E-state index in [1.165, 1.54) is 12.0 Å². The smallest absolute Gasteiger partial charge is 0 e. The minimum absolute atomic E-state index is 0. The van der Waals surface area contributed by atoms with Gasteiger partial charge in [0.2, 0.25) is 0 Å². The van der Waals surface area contributed by atoms with Crippen LogP contribution in [0.3, 0.4) is 0 Å². The van der Waals surface area contributed by atoms with Crippen LogP contribution in [0, 0.1) is 71.0 Å². The molecule has 0 aliphatic heterocycles. The van der Waals surface area contributed by atoms with Gasteiger partial charge in [0, 0.05) is 52.5 Å². The average Bonchev–Trinajstić information content (AvgIpc) is 3.02. The molecule has 0 aliphatic rings. The second-order valence-electron chi connectivity index (χ2n) is 5.54. The molecule has 1 N–H and O–H groups in total. The molecular weight excluding hydrogens is 602 g/mol. The van der Waals surface area contributed by atoms with Crippen LogP contribution in [0.5, 0.6) is 0 Å². The van der Waals surface area contributed by atoms with Crippen LogP contribution in [0.15, 0.2) is 30.3 Å². The van der Waals surface area contributed by atoms with Crippen LogP contribution >= 0.6 is 0 Å². The summed E-state index contributed by atoms with van der Waals surface area (Å²) in [7, 11) is 0. The second-order valence-corrected chi connectivity index (χ2v) is 5.54. The number of benzene rings is 1. The Morgan fingerprint density at radius 3 is 1.56 bits per heavy atom. The van der Waals surface area contributed by atoms with Crippen LogP contribution in [-0.2, 0) is 82.1 Å². The number of hydrogen-bond acceptors (Lipinski definition) is 2. The number of hydrogen-bond donors (Lipinski definition) is 1. The Balaban J connectivity index is -0.0000000501. The van der Waals surface area contributed by atoms with E-state index >= 15 is 0 Å². The van der Waals surface area contributed by atoms with Gasteiger partial charge in [-0.2, -0.15) is 0 Å². The van der Waals surface area contributed by atoms with Crippen molar-refractivity contribution >= 4 is 0 Å². The largest absolute Gasteiger partial charge is 0 e. The summed E-state index contributed by atoms with van der Waals surface area (Å²) < 4.78 is 65.6. The first-order valence-corrected chi connectivity index (χ1v) is 9.63. The van der Waals surface area contributed by atoms with Crippen molar-refractivity contribution in [2.75, 3.05) is 6.61 Å². The first-order chi connectivity index (χ1) is 18.2. The molecule has 1 aromatic carbocycles. The Morgan fingerprint density at radius 2 is 1.18 bits per heavy atom. The van der Waals surface area contributed by atoms with Crippen molar-refractivity contribution < 1.29 is 80.6 Å². The zero-order chi connectivity index (χ0) is 31.3. The van der Waals surface area contributed by atoms with Crippen molar-refractivity contribution in [3.05, 3.63) is 89.1 Å². The molecule has 0 spiro atoms. The van der Waals surface area contributed by atoms with E-state index in [-0.39, 0.29) is 45.6 Å². The van der Waals surface area contributed by atoms with Crippen molar-refractivity contribution in [3.8, 4) is 11.8 Å². The number of unbranched alkanes of at least 4 members (excludes halogenated alkanes) is 2. The summed E-state index contributed by atoms with van der Waals surface area (Å²) in [6, 6.07) is 10.1. The Labute approximate surface area is 252 Å². The quantitative estimate of drug-likeness (QED) is 0.188. The first-order valence-electron chi connectivity index (χ1n) is 9.63. The summed E-state index contributed by atoms with van der Waals surface area (Å²) >= 11 is 0. The van der Waals surface area contributed by atoms with Gasteiger partial charge < -0.3 is 9.84 Å². The molecule has 0 heterocycles. The van der Waals surface area contributed by atoms with E-state index in [1.54, 1.807) is 0 Å². The van der Waals surface area contributed by atoms with Gasteiger partial charge in [-0.25, -0.2) is 0 Å². The molecule has 1 rings (SSSR count). The molecule has 2 radical (unpaired) electrons. The van der Waals surface area contributed by atoms with Gasteiger partial charge in [0.25, 0.3) is 0 Å². The van der Waals surface area contributed by atoms with Gasteiger partial charge in [-0.05, 0) is 24.8 Å². The molecule has 10 nitrogen and oxygen atoms in total. The summed E-state index contributed by atoms with van der Waals surface area (Å²) in [5.74, 6) is 6.66. The van der Waals surface area contributed by atoms with Crippen LogP contribution in [0.25, 0.3) is 0 Å². The van der Waals surface area contributed by atoms with E-state index in [0.29, 0.717) is 19.6 Å². The number of aliphatic hydroxyl groups excluding tert-OH is 1. The monoisotopic (exact) mass is 630 g/mol. The molecular formula is C27H28Co2O10. The molecule has 0 aromatic heterocycles. The molecule has 0 bridgehead atoms. The predicted octanol–water partition coefficient (Wildman–Crippen LogP) is 3.87. The fourth-order valence-corrected chi connectivity index (χ4v) is 2.08. The SMILES string of the molecule is CCCCC#C[C@H](C)C[C@@H](O)CCOCc1ccccc1.[C-]#[O+].[C-]#[O+].[C-]#[O+].[C-]#[O+].[C-]#[O+].[C-]#[O+].[C-]#[O+].[C-]#[O+].[Co].[Co]. The van der Waals surface area contributed by atoms with E-state index < -0.39 is 0 Å². The summed E-state index contributed by atoms with van der Waals surface area (Å²) in [5.41, 5.74) is 1.17. The fourth-order valence-electron chi connectivity index (χ4n) is 2.08.